The summed E-state index contributed by atoms with van der Waals surface area (Å²) in [5.74, 6) is 0.584. The summed E-state index contributed by atoms with van der Waals surface area (Å²) < 4.78 is 5.40. The zero-order chi connectivity index (χ0) is 18.1. The van der Waals surface area contributed by atoms with E-state index in [1.807, 2.05) is 6.07 Å². The van der Waals surface area contributed by atoms with Crippen LogP contribution in [0, 0.1) is 5.41 Å². The van der Waals surface area contributed by atoms with Gasteiger partial charge in [-0.05, 0) is 23.8 Å². The third kappa shape index (κ3) is 3.33. The molecule has 4 rings (SSSR count). The lowest BCUT2D eigenvalue weighted by Crippen LogP contribution is -2.29. The Morgan fingerprint density at radius 2 is 2.00 bits per heavy atom. The van der Waals surface area contributed by atoms with Gasteiger partial charge < -0.3 is 10.1 Å². The molecule has 0 radical (unpaired) electrons. The van der Waals surface area contributed by atoms with Crippen LogP contribution in [0.1, 0.15) is 32.3 Å². The highest BCUT2D eigenvalue weighted by molar-refractivity contribution is 8.04. The van der Waals surface area contributed by atoms with Crippen molar-refractivity contribution in [1.29, 1.82) is 0 Å². The Labute approximate surface area is 158 Å². The van der Waals surface area contributed by atoms with Gasteiger partial charge >= 0.3 is 0 Å². The minimum Gasteiger partial charge on any atom is -0.479 e. The molecule has 0 fully saturated rings. The fourth-order valence-electron chi connectivity index (χ4n) is 3.39. The molecule has 1 aromatic heterocycles. The quantitative estimate of drug-likeness (QED) is 0.800. The molecule has 2 aromatic rings. The second kappa shape index (κ2) is 6.76. The molecule has 0 bridgehead atoms. The van der Waals surface area contributed by atoms with Crippen LogP contribution in [0.3, 0.4) is 0 Å². The number of fused-ring (bicyclic) bond motifs is 1. The van der Waals surface area contributed by atoms with Gasteiger partial charge in [0, 0.05) is 5.70 Å². The largest absolute Gasteiger partial charge is 0.479 e. The first-order valence-electron chi connectivity index (χ1n) is 8.70. The van der Waals surface area contributed by atoms with Gasteiger partial charge in [0.25, 0.3) is 0 Å². The zero-order valence-electron chi connectivity index (χ0n) is 15.2. The molecule has 1 aliphatic heterocycles. The number of aromatic nitrogens is 2. The highest BCUT2D eigenvalue weighted by Gasteiger charge is 2.36. The third-order valence-electron chi connectivity index (χ3n) is 4.58. The van der Waals surface area contributed by atoms with E-state index >= 15 is 0 Å². The van der Waals surface area contributed by atoms with Gasteiger partial charge in [-0.1, -0.05) is 55.9 Å². The molecule has 2 aliphatic rings. The number of thioether (sulfide) groups is 1. The molecular formula is C20H22N4OS. The Morgan fingerprint density at radius 1 is 1.19 bits per heavy atom. The number of hydrogen-bond donors (Lipinski definition) is 1. The molecular weight excluding hydrogens is 344 g/mol. The molecule has 134 valence electrons. The third-order valence-corrected chi connectivity index (χ3v) is 5.77. The lowest BCUT2D eigenvalue weighted by molar-refractivity contribution is 0.371. The minimum absolute atomic E-state index is 0.155. The van der Waals surface area contributed by atoms with E-state index in [9.17, 15) is 0 Å². The maximum Gasteiger partial charge on any atom is 0.241 e. The molecule has 1 aromatic carbocycles. The molecule has 6 heteroatoms. The molecule has 0 unspecified atom stereocenters. The fourth-order valence-corrected chi connectivity index (χ4v) is 4.42. The van der Waals surface area contributed by atoms with Crippen molar-refractivity contribution in [3.8, 4) is 5.88 Å². The minimum atomic E-state index is 0.155. The van der Waals surface area contributed by atoms with E-state index in [2.05, 4.69) is 53.4 Å². The maximum absolute atomic E-state index is 5.40. The summed E-state index contributed by atoms with van der Waals surface area (Å²) in [7, 11) is 1.64. The lowest BCUT2D eigenvalue weighted by Gasteiger charge is -2.36. The van der Waals surface area contributed by atoms with Gasteiger partial charge in [-0.3, -0.25) is 4.99 Å². The van der Waals surface area contributed by atoms with Crippen LogP contribution in [-0.4, -0.2) is 22.8 Å². The SMILES string of the molecule is COc1ncnc2c1NC1=C(S2)C(=NCc2ccccc2)CC(C)(C)C1. The van der Waals surface area contributed by atoms with Crippen molar-refractivity contribution in [2.75, 3.05) is 12.4 Å². The molecule has 0 saturated carbocycles. The Kier molecular flexibility index (Phi) is 4.44. The van der Waals surface area contributed by atoms with E-state index in [0.29, 0.717) is 12.4 Å². The zero-order valence-corrected chi connectivity index (χ0v) is 16.1. The van der Waals surface area contributed by atoms with Crippen LogP contribution in [0.5, 0.6) is 5.88 Å². The van der Waals surface area contributed by atoms with Gasteiger partial charge in [-0.25, -0.2) is 4.98 Å². The first kappa shape index (κ1) is 17.1. The van der Waals surface area contributed by atoms with Crippen LogP contribution < -0.4 is 10.1 Å². The molecule has 2 heterocycles. The fraction of sp³-hybridized carbons (Fsp3) is 0.350. The Bertz CT molecular complexity index is 890. The number of nitrogens with zero attached hydrogens (tertiary/aromatic N) is 3. The smallest absolute Gasteiger partial charge is 0.241 e. The number of nitrogens with one attached hydrogen (secondary N) is 1. The van der Waals surface area contributed by atoms with Gasteiger partial charge in [0.15, 0.2) is 0 Å². The highest BCUT2D eigenvalue weighted by Crippen LogP contribution is 2.49. The van der Waals surface area contributed by atoms with Gasteiger partial charge in [-0.15, -0.1) is 0 Å². The van der Waals surface area contributed by atoms with Crippen LogP contribution in [-0.2, 0) is 6.54 Å². The van der Waals surface area contributed by atoms with Crippen molar-refractivity contribution >= 4 is 23.2 Å². The standard InChI is InChI=1S/C20H22N4OS/c1-20(2)9-14(21-11-13-7-5-4-6-8-13)17-15(10-20)24-16-18(25-3)22-12-23-19(16)26-17/h4-8,12,24H,9-11H2,1-3H3. The number of ether oxygens (including phenoxy) is 1. The first-order chi connectivity index (χ1) is 12.6. The average molecular weight is 366 g/mol. The van der Waals surface area contributed by atoms with Gasteiger partial charge in [0.1, 0.15) is 17.0 Å². The van der Waals surface area contributed by atoms with Crippen molar-refractivity contribution in [2.24, 2.45) is 10.4 Å². The number of allylic oxidation sites excluding steroid dienone is 2. The van der Waals surface area contributed by atoms with E-state index in [4.69, 9.17) is 9.73 Å². The number of rotatable bonds is 3. The van der Waals surface area contributed by atoms with Crippen molar-refractivity contribution < 1.29 is 4.74 Å². The van der Waals surface area contributed by atoms with Gasteiger partial charge in [0.2, 0.25) is 5.88 Å². The van der Waals surface area contributed by atoms with Crippen LogP contribution in [0.4, 0.5) is 5.69 Å². The van der Waals surface area contributed by atoms with E-state index in [1.54, 1.807) is 25.2 Å². The maximum atomic E-state index is 5.40. The number of anilines is 1. The van der Waals surface area contributed by atoms with Crippen LogP contribution in [0.15, 0.2) is 57.3 Å². The Balaban J connectivity index is 1.70. The normalized spacial score (nSPS) is 19.6. The molecule has 5 nitrogen and oxygen atoms in total. The number of aliphatic imine (C=N–C) groups is 1. The summed E-state index contributed by atoms with van der Waals surface area (Å²) in [5, 5.41) is 4.42. The lowest BCUT2D eigenvalue weighted by atomic mass is 9.78. The van der Waals surface area contributed by atoms with E-state index in [1.165, 1.54) is 16.2 Å². The second-order valence-electron chi connectivity index (χ2n) is 7.36. The number of hydrogen-bond acceptors (Lipinski definition) is 6. The topological polar surface area (TPSA) is 59.4 Å². The monoisotopic (exact) mass is 366 g/mol. The molecule has 0 saturated heterocycles. The molecule has 1 N–H and O–H groups in total. The van der Waals surface area contributed by atoms with E-state index in [-0.39, 0.29) is 5.41 Å². The Hall–Kier alpha value is -2.34. The molecule has 0 atom stereocenters. The number of methoxy groups -OCH3 is 1. The Morgan fingerprint density at radius 3 is 2.77 bits per heavy atom. The molecule has 26 heavy (non-hydrogen) atoms. The molecule has 0 spiro atoms. The highest BCUT2D eigenvalue weighted by atomic mass is 32.2. The predicted molar refractivity (Wildman–Crippen MR) is 106 cm³/mol. The van der Waals surface area contributed by atoms with Crippen LogP contribution >= 0.6 is 11.8 Å². The summed E-state index contributed by atoms with van der Waals surface area (Å²) in [4.78, 5) is 14.8. The van der Waals surface area contributed by atoms with E-state index in [0.717, 1.165) is 29.3 Å². The first-order valence-corrected chi connectivity index (χ1v) is 9.52. The summed E-state index contributed by atoms with van der Waals surface area (Å²) in [6, 6.07) is 10.4. The number of benzene rings is 1. The van der Waals surface area contributed by atoms with E-state index < -0.39 is 0 Å². The summed E-state index contributed by atoms with van der Waals surface area (Å²) in [6.07, 6.45) is 3.48. The van der Waals surface area contributed by atoms with Crippen molar-refractivity contribution in [3.63, 3.8) is 0 Å². The van der Waals surface area contributed by atoms with Crippen molar-refractivity contribution in [1.82, 2.24) is 9.97 Å². The second-order valence-corrected chi connectivity index (χ2v) is 8.36. The predicted octanol–water partition coefficient (Wildman–Crippen LogP) is 4.68. The summed E-state index contributed by atoms with van der Waals surface area (Å²) in [5.41, 5.74) is 4.59. The average Bonchev–Trinajstić information content (AvgIpc) is 2.64. The summed E-state index contributed by atoms with van der Waals surface area (Å²) in [6.45, 7) is 5.27. The van der Waals surface area contributed by atoms with Crippen molar-refractivity contribution in [3.05, 3.63) is 52.8 Å². The van der Waals surface area contributed by atoms with Gasteiger partial charge in [0.05, 0.1) is 24.3 Å². The summed E-state index contributed by atoms with van der Waals surface area (Å²) >= 11 is 1.67. The van der Waals surface area contributed by atoms with Gasteiger partial charge in [-0.2, -0.15) is 4.98 Å². The van der Waals surface area contributed by atoms with Crippen LogP contribution in [0.25, 0.3) is 0 Å². The molecule has 0 amide bonds. The molecule has 1 aliphatic carbocycles. The van der Waals surface area contributed by atoms with Crippen molar-refractivity contribution in [2.45, 2.75) is 38.3 Å². The van der Waals surface area contributed by atoms with Crippen LogP contribution in [0.2, 0.25) is 0 Å².